The zero-order valence-corrected chi connectivity index (χ0v) is 22.9. The van der Waals surface area contributed by atoms with Crippen molar-refractivity contribution in [3.05, 3.63) is 11.6 Å². The number of nitriles is 1. The van der Waals surface area contributed by atoms with E-state index in [2.05, 4.69) is 53.7 Å². The highest BCUT2D eigenvalue weighted by molar-refractivity contribution is 5.96. The van der Waals surface area contributed by atoms with E-state index >= 15 is 0 Å². The van der Waals surface area contributed by atoms with Crippen LogP contribution >= 0.6 is 0 Å². The Kier molecular flexibility index (Phi) is 5.33. The van der Waals surface area contributed by atoms with Crippen molar-refractivity contribution in [3.63, 3.8) is 0 Å². The lowest BCUT2D eigenvalue weighted by atomic mass is 9.33. The Bertz CT molecular complexity index is 1040. The highest BCUT2D eigenvalue weighted by Gasteiger charge is 2.71. The molecule has 4 nitrogen and oxygen atoms in total. The van der Waals surface area contributed by atoms with E-state index in [9.17, 15) is 20.0 Å². The quantitative estimate of drug-likeness (QED) is 0.437. The molecule has 5 aliphatic rings. The second-order valence-electron chi connectivity index (χ2n) is 14.6. The van der Waals surface area contributed by atoms with Crippen molar-refractivity contribution < 1.29 is 14.7 Å². The van der Waals surface area contributed by atoms with Gasteiger partial charge in [0.25, 0.3) is 0 Å². The Hall–Kier alpha value is -1.63. The SMILES string of the molecule is C[C@H]1[C@H](C)CC[C@]2(C)CC[C@]3(C)C(=CC(=O)[C@@H]4[C@@]5(C)CC[C@@H](C#N)C(C)(C(=O)O)C5CC[C@]43C)[C@H]12. The normalized spacial score (nSPS) is 55.4. The highest BCUT2D eigenvalue weighted by atomic mass is 16.4. The second kappa shape index (κ2) is 7.45. The van der Waals surface area contributed by atoms with E-state index in [1.54, 1.807) is 6.92 Å². The van der Waals surface area contributed by atoms with Gasteiger partial charge in [-0.2, -0.15) is 5.26 Å². The van der Waals surface area contributed by atoms with Gasteiger partial charge in [-0.1, -0.05) is 47.1 Å². The highest BCUT2D eigenvalue weighted by Crippen LogP contribution is 2.75. The van der Waals surface area contributed by atoms with E-state index < -0.39 is 22.7 Å². The van der Waals surface area contributed by atoms with Crippen LogP contribution in [0.15, 0.2) is 11.6 Å². The topological polar surface area (TPSA) is 78.2 Å². The average Bonchev–Trinajstić information content (AvgIpc) is 2.78. The van der Waals surface area contributed by atoms with Crippen LogP contribution in [0.1, 0.15) is 99.8 Å². The van der Waals surface area contributed by atoms with E-state index in [4.69, 9.17) is 0 Å². The van der Waals surface area contributed by atoms with Gasteiger partial charge >= 0.3 is 5.97 Å². The number of carboxylic acids is 1. The molecule has 5 aliphatic carbocycles. The Labute approximate surface area is 211 Å². The molecule has 0 aliphatic heterocycles. The summed E-state index contributed by atoms with van der Waals surface area (Å²) in [6.45, 7) is 16.1. The number of carboxylic acid groups (broad SMARTS) is 1. The maximum absolute atomic E-state index is 14.3. The van der Waals surface area contributed by atoms with Crippen molar-refractivity contribution >= 4 is 11.8 Å². The van der Waals surface area contributed by atoms with Crippen LogP contribution in [0.4, 0.5) is 0 Å². The minimum atomic E-state index is -1.10. The monoisotopic (exact) mass is 479 g/mol. The molecule has 0 amide bonds. The summed E-state index contributed by atoms with van der Waals surface area (Å²) in [4.78, 5) is 27.0. The summed E-state index contributed by atoms with van der Waals surface area (Å²) >= 11 is 0. The molecule has 1 N–H and O–H groups in total. The van der Waals surface area contributed by atoms with Crippen molar-refractivity contribution in [1.82, 2.24) is 0 Å². The number of rotatable bonds is 1. The molecule has 0 aromatic rings. The molecule has 0 aromatic heterocycles. The average molecular weight is 480 g/mol. The first-order valence-corrected chi connectivity index (χ1v) is 14.1. The van der Waals surface area contributed by atoms with Crippen LogP contribution in [0.25, 0.3) is 0 Å². The van der Waals surface area contributed by atoms with Gasteiger partial charge in [0.2, 0.25) is 0 Å². The van der Waals surface area contributed by atoms with E-state index in [0.29, 0.717) is 24.2 Å². The standard InChI is InChI=1S/C31H45NO3/c1-18-8-11-27(3)14-15-29(5)21(24(27)19(18)2)16-22(33)25-28(4)12-9-20(17-32)31(7,26(34)35)23(28)10-13-30(25,29)6/h16,18-20,23-25H,8-15H2,1-7H3,(H,34,35)/t18-,19+,20+,23?,24+,25-,27-,28+,29-,30-,31?/m1/s1. The molecule has 0 heterocycles. The van der Waals surface area contributed by atoms with Crippen molar-refractivity contribution in [2.24, 2.45) is 62.6 Å². The first-order chi connectivity index (χ1) is 16.2. The Morgan fingerprint density at radius 1 is 1.00 bits per heavy atom. The van der Waals surface area contributed by atoms with Crippen LogP contribution in [0.2, 0.25) is 0 Å². The molecule has 11 atom stereocenters. The zero-order chi connectivity index (χ0) is 25.8. The van der Waals surface area contributed by atoms with Crippen molar-refractivity contribution in [1.29, 1.82) is 5.26 Å². The lowest BCUT2D eigenvalue weighted by Crippen LogP contribution is -2.67. The van der Waals surface area contributed by atoms with Crippen molar-refractivity contribution in [2.45, 2.75) is 99.8 Å². The van der Waals surface area contributed by atoms with E-state index in [0.717, 1.165) is 25.7 Å². The van der Waals surface area contributed by atoms with E-state index in [1.165, 1.54) is 24.8 Å². The molecule has 2 unspecified atom stereocenters. The van der Waals surface area contributed by atoms with Crippen LogP contribution < -0.4 is 0 Å². The predicted octanol–water partition coefficient (Wildman–Crippen LogP) is 7.05. The fraction of sp³-hybridized carbons (Fsp3) is 0.839. The summed E-state index contributed by atoms with van der Waals surface area (Å²) in [5.74, 6) is 0.232. The molecular weight excluding hydrogens is 434 g/mol. The van der Waals surface area contributed by atoms with Gasteiger partial charge in [-0.15, -0.1) is 0 Å². The number of nitrogens with zero attached hydrogens (tertiary/aromatic N) is 1. The summed E-state index contributed by atoms with van der Waals surface area (Å²) in [7, 11) is 0. The van der Waals surface area contributed by atoms with Crippen molar-refractivity contribution in [2.75, 3.05) is 0 Å². The summed E-state index contributed by atoms with van der Waals surface area (Å²) < 4.78 is 0. The number of ketones is 1. The molecular formula is C31H45NO3. The number of hydrogen-bond acceptors (Lipinski definition) is 3. The van der Waals surface area contributed by atoms with Crippen LogP contribution in [0.5, 0.6) is 0 Å². The molecule has 0 aromatic carbocycles. The number of aliphatic carboxylic acids is 1. The molecule has 35 heavy (non-hydrogen) atoms. The smallest absolute Gasteiger partial charge is 0.310 e. The van der Waals surface area contributed by atoms with Gasteiger partial charge in [0.05, 0.1) is 17.4 Å². The molecule has 4 fully saturated rings. The number of fused-ring (bicyclic) bond motifs is 7. The lowest BCUT2D eigenvalue weighted by molar-refractivity contribution is -0.202. The molecule has 192 valence electrons. The fourth-order valence-electron chi connectivity index (χ4n) is 10.9. The predicted molar refractivity (Wildman–Crippen MR) is 136 cm³/mol. The molecule has 0 spiro atoms. The van der Waals surface area contributed by atoms with Crippen LogP contribution in [-0.2, 0) is 9.59 Å². The summed E-state index contributed by atoms with van der Waals surface area (Å²) in [6, 6.07) is 2.34. The Morgan fingerprint density at radius 3 is 2.31 bits per heavy atom. The van der Waals surface area contributed by atoms with Crippen LogP contribution in [0, 0.1) is 73.9 Å². The first-order valence-electron chi connectivity index (χ1n) is 14.1. The van der Waals surface area contributed by atoms with Gasteiger partial charge in [-0.3, -0.25) is 9.59 Å². The summed E-state index contributed by atoms with van der Waals surface area (Å²) in [5, 5.41) is 20.3. The third-order valence-electron chi connectivity index (χ3n) is 13.4. The Balaban J connectivity index is 1.65. The number of allylic oxidation sites excluding steroid dienone is 2. The summed E-state index contributed by atoms with van der Waals surface area (Å²) in [5.41, 5.74) is -0.0352. The maximum atomic E-state index is 14.3. The molecule has 0 saturated heterocycles. The van der Waals surface area contributed by atoms with Crippen LogP contribution in [0.3, 0.4) is 0 Å². The van der Waals surface area contributed by atoms with Crippen molar-refractivity contribution in [3.8, 4) is 6.07 Å². The molecule has 4 saturated carbocycles. The van der Waals surface area contributed by atoms with Crippen LogP contribution in [-0.4, -0.2) is 16.9 Å². The summed E-state index contributed by atoms with van der Waals surface area (Å²) in [6.07, 6.45) is 9.91. The van der Waals surface area contributed by atoms with E-state index in [-0.39, 0.29) is 33.9 Å². The van der Waals surface area contributed by atoms with Gasteiger partial charge in [0, 0.05) is 5.92 Å². The third-order valence-corrected chi connectivity index (χ3v) is 13.4. The first kappa shape index (κ1) is 25.0. The zero-order valence-electron chi connectivity index (χ0n) is 22.9. The fourth-order valence-corrected chi connectivity index (χ4v) is 10.9. The van der Waals surface area contributed by atoms with Gasteiger partial charge in [-0.05, 0) is 110 Å². The largest absolute Gasteiger partial charge is 0.481 e. The Morgan fingerprint density at radius 2 is 1.69 bits per heavy atom. The molecule has 0 bridgehead atoms. The molecule has 5 rings (SSSR count). The molecule has 0 radical (unpaired) electrons. The third kappa shape index (κ3) is 2.85. The number of carbonyl (C=O) groups is 2. The van der Waals surface area contributed by atoms with Gasteiger partial charge in [0.15, 0.2) is 5.78 Å². The maximum Gasteiger partial charge on any atom is 0.310 e. The lowest BCUT2D eigenvalue weighted by Gasteiger charge is -2.70. The minimum Gasteiger partial charge on any atom is -0.481 e. The second-order valence-corrected chi connectivity index (χ2v) is 14.6. The van der Waals surface area contributed by atoms with Gasteiger partial charge in [-0.25, -0.2) is 0 Å². The number of hydrogen-bond donors (Lipinski definition) is 1. The molecule has 4 heteroatoms. The number of carbonyl (C=O) groups excluding carboxylic acids is 1. The van der Waals surface area contributed by atoms with Gasteiger partial charge in [0.1, 0.15) is 0 Å². The van der Waals surface area contributed by atoms with Gasteiger partial charge < -0.3 is 5.11 Å². The minimum absolute atomic E-state index is 0.0409. The van der Waals surface area contributed by atoms with E-state index in [1.807, 2.05) is 0 Å².